The van der Waals surface area contributed by atoms with E-state index in [0.29, 0.717) is 11.9 Å². The third kappa shape index (κ3) is 2.08. The first kappa shape index (κ1) is 11.5. The zero-order valence-corrected chi connectivity index (χ0v) is 9.79. The molecule has 0 bridgehead atoms. The molecule has 0 spiro atoms. The average molecular weight is 198 g/mol. The monoisotopic (exact) mass is 198 g/mol. The van der Waals surface area contributed by atoms with Crippen LogP contribution in [0.25, 0.3) is 0 Å². The second-order valence-electron chi connectivity index (χ2n) is 4.12. The molecule has 0 aromatic rings. The molecular formula is C11H22N2O. The molecule has 3 nitrogen and oxygen atoms in total. The summed E-state index contributed by atoms with van der Waals surface area (Å²) in [6.45, 7) is 9.48. The van der Waals surface area contributed by atoms with Gasteiger partial charge in [0.05, 0.1) is 5.92 Å². The lowest BCUT2D eigenvalue weighted by molar-refractivity contribution is -0.131. The van der Waals surface area contributed by atoms with E-state index >= 15 is 0 Å². The third-order valence-electron chi connectivity index (χ3n) is 3.44. The van der Waals surface area contributed by atoms with E-state index in [-0.39, 0.29) is 5.92 Å². The Bertz CT molecular complexity index is 201. The first-order valence-corrected chi connectivity index (χ1v) is 5.60. The minimum absolute atomic E-state index is 0.222. The molecule has 0 N–H and O–H groups in total. The van der Waals surface area contributed by atoms with Crippen molar-refractivity contribution >= 4 is 5.91 Å². The van der Waals surface area contributed by atoms with E-state index in [1.54, 1.807) is 0 Å². The van der Waals surface area contributed by atoms with Crippen LogP contribution in [0.5, 0.6) is 0 Å². The molecule has 1 aliphatic heterocycles. The van der Waals surface area contributed by atoms with Gasteiger partial charge in [0, 0.05) is 19.6 Å². The van der Waals surface area contributed by atoms with Crippen LogP contribution >= 0.6 is 0 Å². The fraction of sp³-hybridized carbons (Fsp3) is 0.909. The maximum absolute atomic E-state index is 11.8. The predicted molar refractivity (Wildman–Crippen MR) is 58.1 cm³/mol. The van der Waals surface area contributed by atoms with E-state index in [0.717, 1.165) is 26.1 Å². The largest absolute Gasteiger partial charge is 0.345 e. The van der Waals surface area contributed by atoms with Crippen molar-refractivity contribution in [2.45, 2.75) is 33.2 Å². The third-order valence-corrected chi connectivity index (χ3v) is 3.44. The van der Waals surface area contributed by atoms with E-state index in [1.807, 2.05) is 11.9 Å². The molecule has 82 valence electrons. The van der Waals surface area contributed by atoms with E-state index in [2.05, 4.69) is 25.7 Å². The van der Waals surface area contributed by atoms with Crippen LogP contribution in [0.15, 0.2) is 0 Å². The molecule has 0 saturated carbocycles. The normalized spacial score (nSPS) is 24.8. The summed E-state index contributed by atoms with van der Waals surface area (Å²) in [5.41, 5.74) is 0. The first-order valence-electron chi connectivity index (χ1n) is 5.60. The fourth-order valence-corrected chi connectivity index (χ4v) is 2.35. The highest BCUT2D eigenvalue weighted by Gasteiger charge is 2.35. The van der Waals surface area contributed by atoms with E-state index < -0.39 is 0 Å². The van der Waals surface area contributed by atoms with Gasteiger partial charge >= 0.3 is 0 Å². The van der Waals surface area contributed by atoms with Gasteiger partial charge in [-0.2, -0.15) is 0 Å². The lowest BCUT2D eigenvalue weighted by atomic mass is 9.98. The molecule has 1 aliphatic rings. The number of carbonyl (C=O) groups is 1. The molecule has 1 fully saturated rings. The molecule has 1 saturated heterocycles. The van der Waals surface area contributed by atoms with Crippen molar-refractivity contribution in [2.24, 2.45) is 5.92 Å². The van der Waals surface area contributed by atoms with Crippen molar-refractivity contribution in [3.8, 4) is 0 Å². The topological polar surface area (TPSA) is 23.6 Å². The minimum Gasteiger partial charge on any atom is -0.345 e. The summed E-state index contributed by atoms with van der Waals surface area (Å²) in [4.78, 5) is 16.0. The van der Waals surface area contributed by atoms with Crippen LogP contribution in [-0.2, 0) is 4.79 Å². The fourth-order valence-electron chi connectivity index (χ4n) is 2.35. The standard InChI is InChI=1S/C11H22N2O/c1-5-13(6-2)9(3)10-7-8-12(4)11(10)14/h9-10H,5-8H2,1-4H3. The summed E-state index contributed by atoms with van der Waals surface area (Å²) in [5.74, 6) is 0.546. The van der Waals surface area contributed by atoms with Crippen LogP contribution in [0, 0.1) is 5.92 Å². The lowest BCUT2D eigenvalue weighted by Gasteiger charge is -2.30. The van der Waals surface area contributed by atoms with Gasteiger partial charge in [0.2, 0.25) is 5.91 Å². The van der Waals surface area contributed by atoms with Gasteiger partial charge in [0.1, 0.15) is 0 Å². The van der Waals surface area contributed by atoms with Crippen molar-refractivity contribution in [2.75, 3.05) is 26.7 Å². The van der Waals surface area contributed by atoms with Crippen LogP contribution in [0.4, 0.5) is 0 Å². The molecule has 2 atom stereocenters. The van der Waals surface area contributed by atoms with Crippen LogP contribution in [0.2, 0.25) is 0 Å². The van der Waals surface area contributed by atoms with Crippen molar-refractivity contribution < 1.29 is 4.79 Å². The Hall–Kier alpha value is -0.570. The van der Waals surface area contributed by atoms with Gasteiger partial charge in [-0.1, -0.05) is 13.8 Å². The highest BCUT2D eigenvalue weighted by molar-refractivity contribution is 5.81. The van der Waals surface area contributed by atoms with E-state index in [9.17, 15) is 4.79 Å². The second-order valence-corrected chi connectivity index (χ2v) is 4.12. The number of rotatable bonds is 4. The molecule has 0 radical (unpaired) electrons. The zero-order valence-electron chi connectivity index (χ0n) is 9.79. The molecule has 1 heterocycles. The van der Waals surface area contributed by atoms with Crippen LogP contribution in [0.1, 0.15) is 27.2 Å². The van der Waals surface area contributed by atoms with Crippen molar-refractivity contribution in [1.82, 2.24) is 9.80 Å². The molecule has 2 unspecified atom stereocenters. The SMILES string of the molecule is CCN(CC)C(C)C1CCN(C)C1=O. The molecular weight excluding hydrogens is 176 g/mol. The summed E-state index contributed by atoms with van der Waals surface area (Å²) in [6.07, 6.45) is 1.02. The smallest absolute Gasteiger partial charge is 0.227 e. The Morgan fingerprint density at radius 2 is 2.07 bits per heavy atom. The second kappa shape index (κ2) is 4.78. The molecule has 0 aromatic heterocycles. The maximum atomic E-state index is 11.8. The van der Waals surface area contributed by atoms with Gasteiger partial charge in [-0.05, 0) is 26.4 Å². The number of hydrogen-bond acceptors (Lipinski definition) is 2. The van der Waals surface area contributed by atoms with Gasteiger partial charge < -0.3 is 9.80 Å². The van der Waals surface area contributed by atoms with Crippen molar-refractivity contribution in [3.63, 3.8) is 0 Å². The van der Waals surface area contributed by atoms with E-state index in [1.165, 1.54) is 0 Å². The predicted octanol–water partition coefficient (Wildman–Crippen LogP) is 1.19. The summed E-state index contributed by atoms with van der Waals surface area (Å²) in [6, 6.07) is 0.391. The van der Waals surface area contributed by atoms with Gasteiger partial charge in [0.15, 0.2) is 0 Å². The Morgan fingerprint density at radius 3 is 2.43 bits per heavy atom. The van der Waals surface area contributed by atoms with Crippen LogP contribution in [-0.4, -0.2) is 48.4 Å². The van der Waals surface area contributed by atoms with Crippen LogP contribution in [0.3, 0.4) is 0 Å². The molecule has 1 amide bonds. The quantitative estimate of drug-likeness (QED) is 0.677. The Labute approximate surface area is 87.1 Å². The zero-order chi connectivity index (χ0) is 10.7. The van der Waals surface area contributed by atoms with Gasteiger partial charge in [-0.25, -0.2) is 0 Å². The number of carbonyl (C=O) groups excluding carboxylic acids is 1. The maximum Gasteiger partial charge on any atom is 0.227 e. The number of amides is 1. The summed E-state index contributed by atoms with van der Waals surface area (Å²) in [5, 5.41) is 0. The molecule has 14 heavy (non-hydrogen) atoms. The minimum atomic E-state index is 0.222. The Kier molecular flexibility index (Phi) is 3.93. The molecule has 0 aliphatic carbocycles. The summed E-state index contributed by atoms with van der Waals surface area (Å²) < 4.78 is 0. The Balaban J connectivity index is 2.60. The number of likely N-dealkylation sites (tertiary alicyclic amines) is 1. The molecule has 0 aromatic carbocycles. The Morgan fingerprint density at radius 1 is 1.50 bits per heavy atom. The first-order chi connectivity index (χ1) is 6.61. The summed E-state index contributed by atoms with van der Waals surface area (Å²) in [7, 11) is 1.90. The van der Waals surface area contributed by atoms with Crippen molar-refractivity contribution in [3.05, 3.63) is 0 Å². The lowest BCUT2D eigenvalue weighted by Crippen LogP contribution is -2.41. The molecule has 1 rings (SSSR count). The van der Waals surface area contributed by atoms with Crippen molar-refractivity contribution in [1.29, 1.82) is 0 Å². The molecule has 3 heteroatoms. The van der Waals surface area contributed by atoms with Gasteiger partial charge in [-0.15, -0.1) is 0 Å². The summed E-state index contributed by atoms with van der Waals surface area (Å²) >= 11 is 0. The van der Waals surface area contributed by atoms with E-state index in [4.69, 9.17) is 0 Å². The highest BCUT2D eigenvalue weighted by Crippen LogP contribution is 2.23. The highest BCUT2D eigenvalue weighted by atomic mass is 16.2. The number of nitrogens with zero attached hydrogens (tertiary/aromatic N) is 2. The van der Waals surface area contributed by atoms with Gasteiger partial charge in [-0.3, -0.25) is 4.79 Å². The van der Waals surface area contributed by atoms with Crippen LogP contribution < -0.4 is 0 Å². The average Bonchev–Trinajstić information content (AvgIpc) is 2.49. The number of hydrogen-bond donors (Lipinski definition) is 0. The van der Waals surface area contributed by atoms with Gasteiger partial charge in [0.25, 0.3) is 0 Å².